The zero-order valence-corrected chi connectivity index (χ0v) is 9.75. The molecule has 1 rings (SSSR count). The first kappa shape index (κ1) is 12.4. The van der Waals surface area contributed by atoms with Crippen molar-refractivity contribution in [1.29, 1.82) is 0 Å². The standard InChI is InChI=1S/C12H18N2O2/c1-3-13-12(15)9-14-10-5-7-11(8-6-10)16-4-2/h5-8,14H,3-4,9H2,1-2H3,(H,13,15). The number of carbonyl (C=O) groups excluding carboxylic acids is 1. The number of hydrogen-bond acceptors (Lipinski definition) is 3. The summed E-state index contributed by atoms with van der Waals surface area (Å²) in [4.78, 5) is 11.2. The Morgan fingerprint density at radius 3 is 2.50 bits per heavy atom. The van der Waals surface area contributed by atoms with Gasteiger partial charge in [0.1, 0.15) is 5.75 Å². The molecule has 4 heteroatoms. The van der Waals surface area contributed by atoms with Crippen molar-refractivity contribution in [3.8, 4) is 5.75 Å². The van der Waals surface area contributed by atoms with E-state index in [-0.39, 0.29) is 5.91 Å². The van der Waals surface area contributed by atoms with Crippen LogP contribution in [-0.2, 0) is 4.79 Å². The van der Waals surface area contributed by atoms with Gasteiger partial charge in [0.25, 0.3) is 0 Å². The Labute approximate surface area is 96.0 Å². The van der Waals surface area contributed by atoms with Crippen molar-refractivity contribution in [2.75, 3.05) is 25.0 Å². The van der Waals surface area contributed by atoms with Crippen LogP contribution in [0, 0.1) is 0 Å². The summed E-state index contributed by atoms with van der Waals surface area (Å²) in [6.45, 7) is 5.45. The number of ether oxygens (including phenoxy) is 1. The van der Waals surface area contributed by atoms with Crippen molar-refractivity contribution < 1.29 is 9.53 Å². The molecule has 0 spiro atoms. The minimum atomic E-state index is -0.00335. The Morgan fingerprint density at radius 1 is 1.25 bits per heavy atom. The first-order valence-corrected chi connectivity index (χ1v) is 5.49. The molecule has 0 radical (unpaired) electrons. The maximum atomic E-state index is 11.2. The van der Waals surface area contributed by atoms with E-state index >= 15 is 0 Å². The van der Waals surface area contributed by atoms with Crippen LogP contribution >= 0.6 is 0 Å². The molecule has 2 N–H and O–H groups in total. The van der Waals surface area contributed by atoms with Crippen molar-refractivity contribution >= 4 is 11.6 Å². The van der Waals surface area contributed by atoms with Crippen LogP contribution in [0.1, 0.15) is 13.8 Å². The van der Waals surface area contributed by atoms with Crippen molar-refractivity contribution in [2.24, 2.45) is 0 Å². The molecule has 0 unspecified atom stereocenters. The quantitative estimate of drug-likeness (QED) is 0.769. The van der Waals surface area contributed by atoms with Gasteiger partial charge in [-0.25, -0.2) is 0 Å². The van der Waals surface area contributed by atoms with E-state index in [1.54, 1.807) is 0 Å². The molecule has 0 aliphatic rings. The van der Waals surface area contributed by atoms with Crippen molar-refractivity contribution in [3.63, 3.8) is 0 Å². The Hall–Kier alpha value is -1.71. The molecule has 88 valence electrons. The second-order valence-electron chi connectivity index (χ2n) is 3.26. The molecule has 4 nitrogen and oxygen atoms in total. The van der Waals surface area contributed by atoms with Crippen molar-refractivity contribution in [2.45, 2.75) is 13.8 Å². The largest absolute Gasteiger partial charge is 0.494 e. The number of carbonyl (C=O) groups is 1. The highest BCUT2D eigenvalue weighted by atomic mass is 16.5. The summed E-state index contributed by atoms with van der Waals surface area (Å²) >= 11 is 0. The topological polar surface area (TPSA) is 50.4 Å². The maximum Gasteiger partial charge on any atom is 0.239 e. The van der Waals surface area contributed by atoms with E-state index in [1.165, 1.54) is 0 Å². The summed E-state index contributed by atoms with van der Waals surface area (Å²) in [5.41, 5.74) is 0.912. The lowest BCUT2D eigenvalue weighted by Crippen LogP contribution is -2.29. The third-order valence-corrected chi connectivity index (χ3v) is 1.99. The Balaban J connectivity index is 2.40. The maximum absolute atomic E-state index is 11.2. The van der Waals surface area contributed by atoms with Gasteiger partial charge < -0.3 is 15.4 Å². The van der Waals surface area contributed by atoms with Gasteiger partial charge >= 0.3 is 0 Å². The summed E-state index contributed by atoms with van der Waals surface area (Å²) in [5, 5.41) is 5.75. The fraction of sp³-hybridized carbons (Fsp3) is 0.417. The number of nitrogens with one attached hydrogen (secondary N) is 2. The first-order chi connectivity index (χ1) is 7.76. The number of likely N-dealkylation sites (N-methyl/N-ethyl adjacent to an activating group) is 1. The molecule has 0 aliphatic carbocycles. The molecule has 1 aromatic rings. The molecule has 0 aliphatic heterocycles. The van der Waals surface area contributed by atoms with E-state index in [0.717, 1.165) is 11.4 Å². The summed E-state index contributed by atoms with van der Waals surface area (Å²) < 4.78 is 5.32. The molecule has 0 bridgehead atoms. The molecule has 0 saturated heterocycles. The summed E-state index contributed by atoms with van der Waals surface area (Å²) in [5.74, 6) is 0.836. The third-order valence-electron chi connectivity index (χ3n) is 1.99. The Morgan fingerprint density at radius 2 is 1.94 bits per heavy atom. The summed E-state index contributed by atoms with van der Waals surface area (Å²) in [7, 11) is 0. The van der Waals surface area contributed by atoms with Crippen LogP contribution in [0.3, 0.4) is 0 Å². The molecule has 0 saturated carbocycles. The van der Waals surface area contributed by atoms with Gasteiger partial charge in [0.2, 0.25) is 5.91 Å². The van der Waals surface area contributed by atoms with Gasteiger partial charge in [-0.3, -0.25) is 4.79 Å². The van der Waals surface area contributed by atoms with Crippen molar-refractivity contribution in [3.05, 3.63) is 24.3 Å². The average Bonchev–Trinajstić information content (AvgIpc) is 2.29. The molecule has 0 aromatic heterocycles. The Kier molecular flexibility index (Phi) is 5.19. The molecular formula is C12H18N2O2. The monoisotopic (exact) mass is 222 g/mol. The smallest absolute Gasteiger partial charge is 0.239 e. The van der Waals surface area contributed by atoms with Crippen LogP contribution in [0.4, 0.5) is 5.69 Å². The molecule has 0 heterocycles. The van der Waals surface area contributed by atoms with Crippen LogP contribution in [-0.4, -0.2) is 25.6 Å². The van der Waals surface area contributed by atoms with Gasteiger partial charge in [0.05, 0.1) is 13.2 Å². The van der Waals surface area contributed by atoms with Gasteiger partial charge in [-0.15, -0.1) is 0 Å². The van der Waals surface area contributed by atoms with Gasteiger partial charge in [-0.05, 0) is 38.1 Å². The van der Waals surface area contributed by atoms with Crippen LogP contribution in [0.5, 0.6) is 5.75 Å². The van der Waals surface area contributed by atoms with E-state index < -0.39 is 0 Å². The van der Waals surface area contributed by atoms with Gasteiger partial charge in [0.15, 0.2) is 0 Å². The normalized spacial score (nSPS) is 9.62. The zero-order chi connectivity index (χ0) is 11.8. The van der Waals surface area contributed by atoms with Gasteiger partial charge in [-0.2, -0.15) is 0 Å². The summed E-state index contributed by atoms with van der Waals surface area (Å²) in [6.07, 6.45) is 0. The van der Waals surface area contributed by atoms with Gasteiger partial charge in [-0.1, -0.05) is 0 Å². The number of amides is 1. The van der Waals surface area contributed by atoms with Crippen LogP contribution in [0.25, 0.3) is 0 Å². The number of rotatable bonds is 6. The van der Waals surface area contributed by atoms with E-state index in [0.29, 0.717) is 19.7 Å². The lowest BCUT2D eigenvalue weighted by molar-refractivity contribution is -0.119. The van der Waals surface area contributed by atoms with E-state index in [1.807, 2.05) is 38.1 Å². The second kappa shape index (κ2) is 6.71. The predicted molar refractivity (Wildman–Crippen MR) is 64.8 cm³/mol. The van der Waals surface area contributed by atoms with Gasteiger partial charge in [0, 0.05) is 12.2 Å². The lowest BCUT2D eigenvalue weighted by Gasteiger charge is -2.07. The first-order valence-electron chi connectivity index (χ1n) is 5.49. The highest BCUT2D eigenvalue weighted by Gasteiger charge is 1.99. The molecule has 0 fully saturated rings. The SMILES string of the molecule is CCNC(=O)CNc1ccc(OCC)cc1. The minimum absolute atomic E-state index is 0.00335. The zero-order valence-electron chi connectivity index (χ0n) is 9.75. The van der Waals surface area contributed by atoms with Crippen LogP contribution < -0.4 is 15.4 Å². The fourth-order valence-electron chi connectivity index (χ4n) is 1.28. The van der Waals surface area contributed by atoms with Crippen molar-refractivity contribution in [1.82, 2.24) is 5.32 Å². The number of benzene rings is 1. The summed E-state index contributed by atoms with van der Waals surface area (Å²) in [6, 6.07) is 7.54. The Bertz CT molecular complexity index is 322. The highest BCUT2D eigenvalue weighted by molar-refractivity contribution is 5.80. The molecule has 1 aromatic carbocycles. The van der Waals surface area contributed by atoms with Crippen LogP contribution in [0.2, 0.25) is 0 Å². The minimum Gasteiger partial charge on any atom is -0.494 e. The molecule has 16 heavy (non-hydrogen) atoms. The predicted octanol–water partition coefficient (Wildman–Crippen LogP) is 1.63. The van der Waals surface area contributed by atoms with E-state index in [4.69, 9.17) is 4.74 Å². The highest BCUT2D eigenvalue weighted by Crippen LogP contribution is 2.15. The molecule has 1 amide bonds. The van der Waals surface area contributed by atoms with E-state index in [2.05, 4.69) is 10.6 Å². The van der Waals surface area contributed by atoms with Crippen LogP contribution in [0.15, 0.2) is 24.3 Å². The third kappa shape index (κ3) is 4.21. The average molecular weight is 222 g/mol. The van der Waals surface area contributed by atoms with E-state index in [9.17, 15) is 4.79 Å². The molecular weight excluding hydrogens is 204 g/mol. The number of hydrogen-bond donors (Lipinski definition) is 2. The lowest BCUT2D eigenvalue weighted by atomic mass is 10.3. The number of anilines is 1. The fourth-order valence-corrected chi connectivity index (χ4v) is 1.28. The molecule has 0 atom stereocenters. The second-order valence-corrected chi connectivity index (χ2v) is 3.26.